The van der Waals surface area contributed by atoms with Crippen LogP contribution in [0.5, 0.6) is 0 Å². The fourth-order valence-corrected chi connectivity index (χ4v) is 5.31. The number of aromatic nitrogens is 3. The summed E-state index contributed by atoms with van der Waals surface area (Å²) in [4.78, 5) is 38.3. The number of rotatable bonds is 6. The Morgan fingerprint density at radius 1 is 1.09 bits per heavy atom. The topological polar surface area (TPSA) is 108 Å². The van der Waals surface area contributed by atoms with Gasteiger partial charge in [-0.15, -0.1) is 0 Å². The van der Waals surface area contributed by atoms with Crippen molar-refractivity contribution in [1.82, 2.24) is 15.0 Å². The molecule has 184 valence electrons. The van der Waals surface area contributed by atoms with Gasteiger partial charge >= 0.3 is 11.9 Å². The highest BCUT2D eigenvalue weighted by atomic mass is 35.5. The number of aromatic amines is 1. The summed E-state index contributed by atoms with van der Waals surface area (Å²) >= 11 is 6.06. The van der Waals surface area contributed by atoms with Crippen LogP contribution in [0.25, 0.3) is 22.4 Å². The number of esters is 1. The minimum absolute atomic E-state index is 0.0721. The van der Waals surface area contributed by atoms with E-state index in [0.29, 0.717) is 5.02 Å². The lowest BCUT2D eigenvalue weighted by Crippen LogP contribution is -2.39. The highest BCUT2D eigenvalue weighted by Crippen LogP contribution is 2.32. The quantitative estimate of drug-likeness (QED) is 0.458. The van der Waals surface area contributed by atoms with Gasteiger partial charge in [-0.25, -0.2) is 9.97 Å². The van der Waals surface area contributed by atoms with Crippen LogP contribution in [0.4, 0.5) is 5.82 Å². The van der Waals surface area contributed by atoms with Gasteiger partial charge in [0.05, 0.1) is 17.0 Å². The van der Waals surface area contributed by atoms with E-state index in [1.54, 1.807) is 0 Å². The van der Waals surface area contributed by atoms with Crippen LogP contribution in [0.2, 0.25) is 5.02 Å². The van der Waals surface area contributed by atoms with Crippen molar-refractivity contribution >= 4 is 40.4 Å². The molecule has 1 aliphatic heterocycles. The van der Waals surface area contributed by atoms with Crippen LogP contribution in [-0.4, -0.2) is 51.2 Å². The van der Waals surface area contributed by atoms with Crippen LogP contribution in [0.3, 0.4) is 0 Å². The van der Waals surface area contributed by atoms with Crippen LogP contribution in [0.1, 0.15) is 44.9 Å². The SMILES string of the molecule is O=C(O)C[C@H]1CC[C@H](C(=O)OC2CCN(c3ccc(-c4nc5cc(Cl)ccc5[nH]4)cn3)CC2)CC1. The maximum Gasteiger partial charge on any atom is 0.309 e. The largest absolute Gasteiger partial charge is 0.481 e. The van der Waals surface area contributed by atoms with Crippen molar-refractivity contribution in [2.45, 2.75) is 51.0 Å². The van der Waals surface area contributed by atoms with E-state index in [1.165, 1.54) is 0 Å². The first kappa shape index (κ1) is 23.6. The summed E-state index contributed by atoms with van der Waals surface area (Å²) in [6.45, 7) is 1.55. The zero-order valence-electron chi connectivity index (χ0n) is 19.5. The fourth-order valence-electron chi connectivity index (χ4n) is 5.14. The second-order valence-electron chi connectivity index (χ2n) is 9.59. The van der Waals surface area contributed by atoms with Crippen molar-refractivity contribution in [2.75, 3.05) is 18.0 Å². The van der Waals surface area contributed by atoms with Crippen molar-refractivity contribution in [2.24, 2.45) is 11.8 Å². The number of anilines is 1. The Hall–Kier alpha value is -3.13. The Balaban J connectivity index is 1.11. The molecule has 3 aromatic rings. The summed E-state index contributed by atoms with van der Waals surface area (Å²) in [6, 6.07) is 9.59. The maximum absolute atomic E-state index is 12.6. The van der Waals surface area contributed by atoms with Gasteiger partial charge in [0.15, 0.2) is 0 Å². The van der Waals surface area contributed by atoms with Gasteiger partial charge < -0.3 is 19.7 Å². The number of carbonyl (C=O) groups is 2. The summed E-state index contributed by atoms with van der Waals surface area (Å²) < 4.78 is 5.82. The minimum Gasteiger partial charge on any atom is -0.481 e. The summed E-state index contributed by atoms with van der Waals surface area (Å²) in [5.41, 5.74) is 2.66. The molecule has 9 heteroatoms. The Morgan fingerprint density at radius 2 is 1.86 bits per heavy atom. The van der Waals surface area contributed by atoms with Gasteiger partial charge in [0.2, 0.25) is 0 Å². The number of pyridine rings is 1. The zero-order valence-corrected chi connectivity index (χ0v) is 20.2. The molecule has 1 aromatic carbocycles. The van der Waals surface area contributed by atoms with Gasteiger partial charge in [0.25, 0.3) is 0 Å². The minimum atomic E-state index is -0.758. The average molecular weight is 497 g/mol. The molecule has 35 heavy (non-hydrogen) atoms. The molecule has 0 amide bonds. The molecule has 1 saturated carbocycles. The Kier molecular flexibility index (Phi) is 6.90. The lowest BCUT2D eigenvalue weighted by Gasteiger charge is -2.34. The third kappa shape index (κ3) is 5.59. The zero-order chi connectivity index (χ0) is 24.4. The van der Waals surface area contributed by atoms with Crippen molar-refractivity contribution in [3.63, 3.8) is 0 Å². The van der Waals surface area contributed by atoms with E-state index in [1.807, 2.05) is 36.5 Å². The summed E-state index contributed by atoms with van der Waals surface area (Å²) in [6.07, 6.45) is 6.51. The number of carbonyl (C=O) groups excluding carboxylic acids is 1. The Morgan fingerprint density at radius 3 is 2.54 bits per heavy atom. The third-order valence-electron chi connectivity index (χ3n) is 7.16. The van der Waals surface area contributed by atoms with Gasteiger partial charge in [0, 0.05) is 49.1 Å². The molecule has 3 heterocycles. The lowest BCUT2D eigenvalue weighted by molar-refractivity contribution is -0.156. The first-order chi connectivity index (χ1) is 16.9. The molecule has 2 fully saturated rings. The fraction of sp³-hybridized carbons (Fsp3) is 0.462. The number of nitrogens with one attached hydrogen (secondary N) is 1. The summed E-state index contributed by atoms with van der Waals surface area (Å²) in [7, 11) is 0. The monoisotopic (exact) mass is 496 g/mol. The maximum atomic E-state index is 12.6. The first-order valence-corrected chi connectivity index (χ1v) is 12.6. The van der Waals surface area contributed by atoms with Crippen LogP contribution < -0.4 is 4.90 Å². The molecular formula is C26H29ClN4O4. The molecule has 5 rings (SSSR count). The van der Waals surface area contributed by atoms with Gasteiger partial charge in [0.1, 0.15) is 17.7 Å². The molecular weight excluding hydrogens is 468 g/mol. The van der Waals surface area contributed by atoms with Crippen LogP contribution >= 0.6 is 11.6 Å². The predicted octanol–water partition coefficient (Wildman–Crippen LogP) is 5.07. The highest BCUT2D eigenvalue weighted by Gasteiger charge is 2.31. The number of nitrogens with zero attached hydrogens (tertiary/aromatic N) is 3. The van der Waals surface area contributed by atoms with Gasteiger partial charge in [-0.05, 0) is 61.9 Å². The molecule has 0 unspecified atom stereocenters. The Bertz CT molecular complexity index is 1200. The van der Waals surface area contributed by atoms with Crippen LogP contribution in [0.15, 0.2) is 36.5 Å². The third-order valence-corrected chi connectivity index (χ3v) is 7.39. The van der Waals surface area contributed by atoms with Gasteiger partial charge in [-0.1, -0.05) is 11.6 Å². The lowest BCUT2D eigenvalue weighted by atomic mass is 9.80. The number of H-pyrrole nitrogens is 1. The standard InChI is InChI=1S/C26H29ClN4O4/c27-19-6-7-21-22(14-19)30-25(29-21)18-5-8-23(28-15-18)31-11-9-20(10-12-31)35-26(34)17-3-1-16(2-4-17)13-24(32)33/h5-8,14-17,20H,1-4,9-13H2,(H,29,30)(H,32,33)/t16-,17-. The molecule has 1 aliphatic carbocycles. The molecule has 0 spiro atoms. The van der Waals surface area contributed by atoms with Crippen molar-refractivity contribution in [1.29, 1.82) is 0 Å². The van der Waals surface area contributed by atoms with Crippen LogP contribution in [0, 0.1) is 11.8 Å². The molecule has 0 radical (unpaired) electrons. The van der Waals surface area contributed by atoms with Gasteiger partial charge in [-0.3, -0.25) is 9.59 Å². The Labute approximate surface area is 208 Å². The second kappa shape index (κ2) is 10.2. The molecule has 2 N–H and O–H groups in total. The summed E-state index contributed by atoms with van der Waals surface area (Å²) in [5.74, 6) is 0.863. The molecule has 0 atom stereocenters. The van der Waals surface area contributed by atoms with E-state index in [-0.39, 0.29) is 30.3 Å². The number of fused-ring (bicyclic) bond motifs is 1. The highest BCUT2D eigenvalue weighted by molar-refractivity contribution is 6.31. The van der Waals surface area contributed by atoms with E-state index in [0.717, 1.165) is 79.9 Å². The molecule has 2 aliphatic rings. The summed E-state index contributed by atoms with van der Waals surface area (Å²) in [5, 5.41) is 9.61. The van der Waals surface area contributed by atoms with Crippen molar-refractivity contribution in [3.05, 3.63) is 41.6 Å². The molecule has 2 aromatic heterocycles. The van der Waals surface area contributed by atoms with Crippen molar-refractivity contribution in [3.8, 4) is 11.4 Å². The van der Waals surface area contributed by atoms with E-state index in [4.69, 9.17) is 21.4 Å². The smallest absolute Gasteiger partial charge is 0.309 e. The van der Waals surface area contributed by atoms with E-state index < -0.39 is 5.97 Å². The number of carboxylic acids is 1. The van der Waals surface area contributed by atoms with E-state index in [2.05, 4.69) is 19.9 Å². The molecule has 8 nitrogen and oxygen atoms in total. The van der Waals surface area contributed by atoms with E-state index in [9.17, 15) is 9.59 Å². The van der Waals surface area contributed by atoms with Crippen molar-refractivity contribution < 1.29 is 19.4 Å². The first-order valence-electron chi connectivity index (χ1n) is 12.2. The molecule has 1 saturated heterocycles. The number of imidazole rings is 1. The number of hydrogen-bond donors (Lipinski definition) is 2. The average Bonchev–Trinajstić information content (AvgIpc) is 3.28. The predicted molar refractivity (Wildman–Crippen MR) is 133 cm³/mol. The van der Waals surface area contributed by atoms with Gasteiger partial charge in [-0.2, -0.15) is 0 Å². The molecule has 0 bridgehead atoms. The number of carboxylic acid groups (broad SMARTS) is 1. The number of piperidine rings is 1. The number of aliphatic carboxylic acids is 1. The number of ether oxygens (including phenoxy) is 1. The number of halogens is 1. The van der Waals surface area contributed by atoms with Crippen LogP contribution in [-0.2, 0) is 14.3 Å². The number of benzene rings is 1. The number of hydrogen-bond acceptors (Lipinski definition) is 6. The van der Waals surface area contributed by atoms with E-state index >= 15 is 0 Å². The normalized spacial score (nSPS) is 21.2. The second-order valence-corrected chi connectivity index (χ2v) is 10.0.